The van der Waals surface area contributed by atoms with Crippen LogP contribution in [0.1, 0.15) is 10.5 Å². The maximum Gasteiger partial charge on any atom is 0.325 e. The van der Waals surface area contributed by atoms with E-state index < -0.39 is 11.9 Å². The van der Waals surface area contributed by atoms with Crippen LogP contribution in [-0.2, 0) is 9.53 Å². The molecule has 0 spiro atoms. The maximum absolute atomic E-state index is 11.9. The predicted octanol–water partition coefficient (Wildman–Crippen LogP) is 2.70. The van der Waals surface area contributed by atoms with E-state index in [2.05, 4.69) is 20.2 Å². The van der Waals surface area contributed by atoms with Crippen molar-refractivity contribution in [3.8, 4) is 11.1 Å². The number of rotatable bonds is 5. The van der Waals surface area contributed by atoms with Gasteiger partial charge in [0.15, 0.2) is 5.69 Å². The summed E-state index contributed by atoms with van der Waals surface area (Å²) in [5.74, 6) is -1.30. The van der Waals surface area contributed by atoms with Gasteiger partial charge in [0.05, 0.1) is 7.11 Å². The molecule has 7 nitrogen and oxygen atoms in total. The number of carbonyl (C=O) groups is 2. The van der Waals surface area contributed by atoms with Gasteiger partial charge < -0.3 is 10.1 Å². The Kier molecular flexibility index (Phi) is 5.37. The van der Waals surface area contributed by atoms with E-state index in [0.717, 1.165) is 5.56 Å². The molecule has 0 radical (unpaired) electrons. The number of nitroso groups, excluding NO2 is 1. The lowest BCUT2D eigenvalue weighted by Crippen LogP contribution is -2.30. The molecule has 1 amide bonds. The van der Waals surface area contributed by atoms with Crippen molar-refractivity contribution in [1.29, 1.82) is 0 Å². The number of aromatic nitrogens is 1. The zero-order chi connectivity index (χ0) is 16.8. The lowest BCUT2D eigenvalue weighted by molar-refractivity contribution is -0.139. The zero-order valence-corrected chi connectivity index (χ0v) is 12.8. The maximum atomic E-state index is 11.9. The molecule has 23 heavy (non-hydrogen) atoms. The van der Waals surface area contributed by atoms with Gasteiger partial charge in [-0.1, -0.05) is 23.7 Å². The second-order valence-electron chi connectivity index (χ2n) is 4.45. The van der Waals surface area contributed by atoms with Gasteiger partial charge >= 0.3 is 5.97 Å². The second-order valence-corrected chi connectivity index (χ2v) is 4.89. The molecular weight excluding hydrogens is 322 g/mol. The summed E-state index contributed by atoms with van der Waals surface area (Å²) in [5, 5.41) is 5.70. The molecule has 118 valence electrons. The molecule has 0 bridgehead atoms. The molecule has 8 heteroatoms. The number of methoxy groups -OCH3 is 1. The number of carbonyl (C=O) groups excluding carboxylic acids is 2. The van der Waals surface area contributed by atoms with Crippen molar-refractivity contribution in [2.24, 2.45) is 5.18 Å². The van der Waals surface area contributed by atoms with Crippen LogP contribution in [0.25, 0.3) is 11.1 Å². The summed E-state index contributed by atoms with van der Waals surface area (Å²) in [5.41, 5.74) is 1.09. The first-order chi connectivity index (χ1) is 11.0. The molecule has 1 aromatic carbocycles. The van der Waals surface area contributed by atoms with Gasteiger partial charge in [-0.3, -0.25) is 9.59 Å². The molecule has 0 unspecified atom stereocenters. The number of halogens is 1. The number of esters is 1. The molecule has 1 heterocycles. The van der Waals surface area contributed by atoms with Crippen LogP contribution in [0.5, 0.6) is 0 Å². The minimum atomic E-state index is -0.687. The number of amides is 1. The van der Waals surface area contributed by atoms with Crippen LogP contribution >= 0.6 is 11.6 Å². The fourth-order valence-electron chi connectivity index (χ4n) is 1.81. The van der Waals surface area contributed by atoms with Crippen molar-refractivity contribution in [1.82, 2.24) is 10.3 Å². The number of benzene rings is 1. The van der Waals surface area contributed by atoms with Gasteiger partial charge in [0.2, 0.25) is 0 Å². The van der Waals surface area contributed by atoms with E-state index in [0.29, 0.717) is 10.6 Å². The third kappa shape index (κ3) is 4.10. The number of hydrogen-bond donors (Lipinski definition) is 1. The summed E-state index contributed by atoms with van der Waals surface area (Å²) in [6.07, 6.45) is 1.44. The number of nitrogens with zero attached hydrogens (tertiary/aromatic N) is 2. The van der Waals surface area contributed by atoms with Gasteiger partial charge in [0, 0.05) is 16.8 Å². The highest BCUT2D eigenvalue weighted by Crippen LogP contribution is 2.26. The van der Waals surface area contributed by atoms with Crippen molar-refractivity contribution in [3.05, 3.63) is 52.2 Å². The van der Waals surface area contributed by atoms with Crippen LogP contribution in [0.15, 0.2) is 41.7 Å². The van der Waals surface area contributed by atoms with Crippen molar-refractivity contribution in [3.63, 3.8) is 0 Å². The van der Waals surface area contributed by atoms with Gasteiger partial charge in [-0.25, -0.2) is 4.98 Å². The monoisotopic (exact) mass is 333 g/mol. The van der Waals surface area contributed by atoms with E-state index in [1.54, 1.807) is 24.3 Å². The molecule has 1 aromatic heterocycles. The Morgan fingerprint density at radius 3 is 2.57 bits per heavy atom. The fraction of sp³-hybridized carbons (Fsp3) is 0.133. The number of ether oxygens (including phenoxy) is 1. The van der Waals surface area contributed by atoms with Crippen molar-refractivity contribution in [2.75, 3.05) is 13.7 Å². The molecule has 0 saturated carbocycles. The zero-order valence-electron chi connectivity index (χ0n) is 12.1. The first-order valence-electron chi connectivity index (χ1n) is 6.49. The minimum absolute atomic E-state index is 0.125. The minimum Gasteiger partial charge on any atom is -0.468 e. The smallest absolute Gasteiger partial charge is 0.325 e. The molecule has 2 aromatic rings. The first kappa shape index (κ1) is 16.6. The summed E-state index contributed by atoms with van der Waals surface area (Å²) < 4.78 is 4.41. The molecule has 0 saturated heterocycles. The van der Waals surface area contributed by atoms with Crippen LogP contribution in [0.4, 0.5) is 5.69 Å². The molecule has 0 aliphatic carbocycles. The highest BCUT2D eigenvalue weighted by molar-refractivity contribution is 6.30. The Balaban J connectivity index is 2.26. The van der Waals surface area contributed by atoms with Crippen molar-refractivity contribution < 1.29 is 14.3 Å². The fourth-order valence-corrected chi connectivity index (χ4v) is 1.93. The van der Waals surface area contributed by atoms with E-state index >= 15 is 0 Å². The Morgan fingerprint density at radius 2 is 1.96 bits per heavy atom. The normalized spacial score (nSPS) is 10.0. The number of hydrogen-bond acceptors (Lipinski definition) is 6. The summed E-state index contributed by atoms with van der Waals surface area (Å²) in [7, 11) is 1.20. The Labute approximate surface area is 136 Å². The van der Waals surface area contributed by atoms with E-state index in [4.69, 9.17) is 11.6 Å². The average molecular weight is 334 g/mol. The third-order valence-corrected chi connectivity index (χ3v) is 3.23. The van der Waals surface area contributed by atoms with E-state index in [-0.39, 0.29) is 17.9 Å². The topological polar surface area (TPSA) is 97.7 Å². The highest BCUT2D eigenvalue weighted by Gasteiger charge is 2.16. The lowest BCUT2D eigenvalue weighted by atomic mass is 10.1. The summed E-state index contributed by atoms with van der Waals surface area (Å²) in [4.78, 5) is 37.9. The molecule has 0 fully saturated rings. The Morgan fingerprint density at radius 1 is 1.26 bits per heavy atom. The summed E-state index contributed by atoms with van der Waals surface area (Å²) >= 11 is 5.82. The van der Waals surface area contributed by atoms with Crippen molar-refractivity contribution >= 4 is 29.2 Å². The van der Waals surface area contributed by atoms with Crippen LogP contribution in [0.3, 0.4) is 0 Å². The lowest BCUT2D eigenvalue weighted by Gasteiger charge is -2.07. The molecule has 2 rings (SSSR count). The van der Waals surface area contributed by atoms with Gasteiger partial charge in [-0.15, -0.1) is 4.91 Å². The van der Waals surface area contributed by atoms with E-state index in [1.165, 1.54) is 19.4 Å². The second kappa shape index (κ2) is 7.46. The van der Waals surface area contributed by atoms with Gasteiger partial charge in [0.25, 0.3) is 5.91 Å². The van der Waals surface area contributed by atoms with E-state index in [1.807, 2.05) is 0 Å². The molecular formula is C15H12ClN3O4. The summed E-state index contributed by atoms with van der Waals surface area (Å²) in [6.45, 7) is -0.325. The van der Waals surface area contributed by atoms with Gasteiger partial charge in [-0.2, -0.15) is 0 Å². The van der Waals surface area contributed by atoms with Gasteiger partial charge in [-0.05, 0) is 28.9 Å². The first-order valence-corrected chi connectivity index (χ1v) is 6.87. The van der Waals surface area contributed by atoms with Crippen LogP contribution in [-0.4, -0.2) is 30.5 Å². The van der Waals surface area contributed by atoms with Crippen LogP contribution < -0.4 is 5.32 Å². The quantitative estimate of drug-likeness (QED) is 0.670. The average Bonchev–Trinajstić information content (AvgIpc) is 2.59. The number of nitrogens with one attached hydrogen (secondary N) is 1. The van der Waals surface area contributed by atoms with Crippen LogP contribution in [0.2, 0.25) is 5.02 Å². The molecule has 1 N–H and O–H groups in total. The summed E-state index contributed by atoms with van der Waals surface area (Å²) in [6, 6.07) is 8.34. The largest absolute Gasteiger partial charge is 0.468 e. The standard InChI is InChI=1S/C15H12ClN3O4/c1-23-13(20)8-18-15(21)14-12(19-22)6-10(7-17-14)9-2-4-11(16)5-3-9/h2-7H,8H2,1H3,(H,18,21). The Bertz CT molecular complexity index is 747. The molecule has 0 atom stereocenters. The predicted molar refractivity (Wildman–Crippen MR) is 84.5 cm³/mol. The number of pyridine rings is 1. The third-order valence-electron chi connectivity index (χ3n) is 2.98. The van der Waals surface area contributed by atoms with Gasteiger partial charge in [0.1, 0.15) is 12.2 Å². The van der Waals surface area contributed by atoms with E-state index in [9.17, 15) is 14.5 Å². The van der Waals surface area contributed by atoms with Crippen molar-refractivity contribution in [2.45, 2.75) is 0 Å². The highest BCUT2D eigenvalue weighted by atomic mass is 35.5. The Hall–Kier alpha value is -2.80. The SMILES string of the molecule is COC(=O)CNC(=O)c1ncc(-c2ccc(Cl)cc2)cc1N=O. The molecule has 0 aliphatic rings. The van der Waals surface area contributed by atoms with Crippen LogP contribution in [0, 0.1) is 4.91 Å². The molecule has 0 aliphatic heterocycles.